The Bertz CT molecular complexity index is 552. The van der Waals surface area contributed by atoms with Crippen LogP contribution in [0.4, 0.5) is 0 Å². The highest BCUT2D eigenvalue weighted by molar-refractivity contribution is 5.80. The summed E-state index contributed by atoms with van der Waals surface area (Å²) in [5.41, 5.74) is 7.84. The molecule has 2 heteroatoms. The molecule has 0 fully saturated rings. The predicted octanol–water partition coefficient (Wildman–Crippen LogP) is 5.41. The molecule has 124 valence electrons. The van der Waals surface area contributed by atoms with Crippen LogP contribution in [0.5, 0.6) is 0 Å². The molecule has 1 aromatic rings. The summed E-state index contributed by atoms with van der Waals surface area (Å²) in [6.07, 6.45) is 12.6. The van der Waals surface area contributed by atoms with Gasteiger partial charge in [-0.05, 0) is 48.0 Å². The Morgan fingerprint density at radius 3 is 2.48 bits per heavy atom. The Morgan fingerprint density at radius 2 is 1.83 bits per heavy atom. The molecule has 1 unspecified atom stereocenters. The summed E-state index contributed by atoms with van der Waals surface area (Å²) in [7, 11) is 0. The van der Waals surface area contributed by atoms with Gasteiger partial charge in [0.25, 0.3) is 0 Å². The molecule has 1 aliphatic heterocycles. The van der Waals surface area contributed by atoms with E-state index in [9.17, 15) is 0 Å². The van der Waals surface area contributed by atoms with E-state index in [0.29, 0.717) is 0 Å². The molecule has 0 amide bonds. The second-order valence-corrected chi connectivity index (χ2v) is 6.55. The quantitative estimate of drug-likeness (QED) is 0.648. The normalized spacial score (nSPS) is 15.2. The zero-order valence-corrected chi connectivity index (χ0v) is 14.6. The monoisotopic (exact) mass is 310 g/mol. The van der Waals surface area contributed by atoms with Gasteiger partial charge in [-0.25, -0.2) is 0 Å². The van der Waals surface area contributed by atoms with E-state index in [1.165, 1.54) is 48.8 Å². The predicted molar refractivity (Wildman–Crippen MR) is 101 cm³/mol. The Hall–Kier alpha value is -1.83. The van der Waals surface area contributed by atoms with Crippen LogP contribution in [0.3, 0.4) is 0 Å². The molecule has 1 atom stereocenters. The zero-order valence-electron chi connectivity index (χ0n) is 14.6. The molecule has 0 saturated carbocycles. The molecule has 0 saturated heterocycles. The van der Waals surface area contributed by atoms with Crippen LogP contribution >= 0.6 is 0 Å². The number of hydrogen-bond donors (Lipinski definition) is 1. The number of benzene rings is 1. The smallest absolute Gasteiger partial charge is 0.0505 e. The summed E-state index contributed by atoms with van der Waals surface area (Å²) >= 11 is 0. The molecule has 1 aliphatic rings. The molecule has 2 rings (SSSR count). The van der Waals surface area contributed by atoms with Crippen LogP contribution in [0.1, 0.15) is 57.1 Å². The fraction of sp³-hybridized carbons (Fsp3) is 0.476. The number of unbranched alkanes of at least 4 members (excludes halogenated alkanes) is 1. The van der Waals surface area contributed by atoms with Crippen LogP contribution in [0, 0.1) is 5.92 Å². The van der Waals surface area contributed by atoms with Crippen molar-refractivity contribution in [3.8, 4) is 0 Å². The first-order valence-corrected chi connectivity index (χ1v) is 8.97. The van der Waals surface area contributed by atoms with E-state index >= 15 is 0 Å². The lowest BCUT2D eigenvalue weighted by molar-refractivity contribution is 0.449. The highest BCUT2D eigenvalue weighted by Gasteiger charge is 2.07. The first kappa shape index (κ1) is 17.5. The number of allylic oxidation sites excluding steroid dienone is 2. The van der Waals surface area contributed by atoms with Crippen LogP contribution < -0.4 is 5.43 Å². The number of rotatable bonds is 9. The Kier molecular flexibility index (Phi) is 7.12. The van der Waals surface area contributed by atoms with Gasteiger partial charge in [-0.3, -0.25) is 5.43 Å². The Balaban J connectivity index is 1.84. The van der Waals surface area contributed by atoms with E-state index in [0.717, 1.165) is 24.5 Å². The third-order valence-electron chi connectivity index (χ3n) is 4.59. The van der Waals surface area contributed by atoms with Crippen molar-refractivity contribution in [1.29, 1.82) is 0 Å². The number of hydrazone groups is 1. The molecular formula is C21H30N2. The lowest BCUT2D eigenvalue weighted by atomic mass is 9.91. The maximum atomic E-state index is 4.09. The van der Waals surface area contributed by atoms with Crippen LogP contribution in [0.25, 0.3) is 0 Å². The van der Waals surface area contributed by atoms with Crippen molar-refractivity contribution in [3.63, 3.8) is 0 Å². The first-order valence-electron chi connectivity index (χ1n) is 8.97. The molecular weight excluding hydrogens is 280 g/mol. The number of nitrogens with one attached hydrogen (secondary N) is 1. The minimum Gasteiger partial charge on any atom is -0.279 e. The standard InChI is InChI=1S/C21H30N2/c1-4-6-7-18(5-2)15-20-11-8-19(9-12-20)10-13-21-14-17(3)23-22-16-21/h8-9,11-12,14,16,18,23H,3-7,10,13,15H2,1-2H3. The fourth-order valence-electron chi connectivity index (χ4n) is 3.04. The summed E-state index contributed by atoms with van der Waals surface area (Å²) in [4.78, 5) is 0. The van der Waals surface area contributed by atoms with Crippen molar-refractivity contribution in [1.82, 2.24) is 5.43 Å². The Labute approximate surface area is 141 Å². The number of aryl methyl sites for hydroxylation is 1. The highest BCUT2D eigenvalue weighted by atomic mass is 15.3. The third kappa shape index (κ3) is 6.05. The SMILES string of the molecule is C=C1C=C(CCc2ccc(CC(CC)CCCC)cc2)C=NN1. The number of hydrogen-bond acceptors (Lipinski definition) is 2. The molecule has 23 heavy (non-hydrogen) atoms. The van der Waals surface area contributed by atoms with Crippen LogP contribution in [0.2, 0.25) is 0 Å². The van der Waals surface area contributed by atoms with Gasteiger partial charge in [0.2, 0.25) is 0 Å². The Morgan fingerprint density at radius 1 is 1.09 bits per heavy atom. The number of nitrogens with zero attached hydrogens (tertiary/aromatic N) is 1. The molecule has 1 N–H and O–H groups in total. The molecule has 0 radical (unpaired) electrons. The summed E-state index contributed by atoms with van der Waals surface area (Å²) in [5, 5.41) is 4.09. The largest absolute Gasteiger partial charge is 0.279 e. The average Bonchev–Trinajstić information content (AvgIpc) is 2.58. The van der Waals surface area contributed by atoms with Gasteiger partial charge in [-0.15, -0.1) is 0 Å². The van der Waals surface area contributed by atoms with Gasteiger partial charge < -0.3 is 0 Å². The lowest BCUT2D eigenvalue weighted by Crippen LogP contribution is -2.09. The fourth-order valence-corrected chi connectivity index (χ4v) is 3.04. The minimum absolute atomic E-state index is 0.836. The van der Waals surface area contributed by atoms with Gasteiger partial charge in [-0.2, -0.15) is 5.10 Å². The topological polar surface area (TPSA) is 24.4 Å². The van der Waals surface area contributed by atoms with Crippen LogP contribution in [-0.2, 0) is 12.8 Å². The van der Waals surface area contributed by atoms with E-state index in [1.54, 1.807) is 0 Å². The summed E-state index contributed by atoms with van der Waals surface area (Å²) in [6, 6.07) is 9.20. The third-order valence-corrected chi connectivity index (χ3v) is 4.59. The van der Waals surface area contributed by atoms with Crippen molar-refractivity contribution in [3.05, 3.63) is 59.3 Å². The summed E-state index contributed by atoms with van der Waals surface area (Å²) in [6.45, 7) is 8.48. The van der Waals surface area contributed by atoms with Crippen LogP contribution in [-0.4, -0.2) is 6.21 Å². The van der Waals surface area contributed by atoms with Gasteiger partial charge in [0.1, 0.15) is 0 Å². The molecule has 0 aromatic heterocycles. The second kappa shape index (κ2) is 9.34. The lowest BCUT2D eigenvalue weighted by Gasteiger charge is -2.15. The summed E-state index contributed by atoms with van der Waals surface area (Å²) < 4.78 is 0. The van der Waals surface area contributed by atoms with Crippen LogP contribution in [0.15, 0.2) is 53.3 Å². The van der Waals surface area contributed by atoms with Crippen molar-refractivity contribution in [2.45, 2.75) is 58.8 Å². The molecule has 0 spiro atoms. The van der Waals surface area contributed by atoms with Crippen molar-refractivity contribution >= 4 is 6.21 Å². The minimum atomic E-state index is 0.836. The molecule has 0 bridgehead atoms. The van der Waals surface area contributed by atoms with E-state index < -0.39 is 0 Å². The molecule has 2 nitrogen and oxygen atoms in total. The zero-order chi connectivity index (χ0) is 16.5. The van der Waals surface area contributed by atoms with E-state index in [1.807, 2.05) is 6.21 Å². The van der Waals surface area contributed by atoms with E-state index in [-0.39, 0.29) is 0 Å². The second-order valence-electron chi connectivity index (χ2n) is 6.55. The van der Waals surface area contributed by atoms with Gasteiger partial charge in [0.05, 0.1) is 6.21 Å². The van der Waals surface area contributed by atoms with Gasteiger partial charge in [0, 0.05) is 5.70 Å². The summed E-state index contributed by atoms with van der Waals surface area (Å²) in [5.74, 6) is 0.836. The molecule has 0 aliphatic carbocycles. The van der Waals surface area contributed by atoms with E-state index in [4.69, 9.17) is 0 Å². The highest BCUT2D eigenvalue weighted by Crippen LogP contribution is 2.19. The van der Waals surface area contributed by atoms with Gasteiger partial charge in [-0.1, -0.05) is 70.4 Å². The van der Waals surface area contributed by atoms with Gasteiger partial charge >= 0.3 is 0 Å². The van der Waals surface area contributed by atoms with E-state index in [2.05, 4.69) is 61.3 Å². The van der Waals surface area contributed by atoms with Gasteiger partial charge in [0.15, 0.2) is 0 Å². The average molecular weight is 310 g/mol. The maximum Gasteiger partial charge on any atom is 0.0505 e. The molecule has 1 heterocycles. The van der Waals surface area contributed by atoms with Crippen molar-refractivity contribution in [2.24, 2.45) is 11.0 Å². The van der Waals surface area contributed by atoms with Crippen molar-refractivity contribution in [2.75, 3.05) is 0 Å². The molecule has 1 aromatic carbocycles. The first-order chi connectivity index (χ1) is 11.2. The van der Waals surface area contributed by atoms with Crippen molar-refractivity contribution < 1.29 is 0 Å². The maximum absolute atomic E-state index is 4.09.